The van der Waals surface area contributed by atoms with Crippen LogP contribution in [0.4, 0.5) is 0 Å². The van der Waals surface area contributed by atoms with E-state index < -0.39 is 0 Å². The molecule has 0 radical (unpaired) electrons. The Hall–Kier alpha value is -7.72. The number of carbonyl (C=O) groups excluding carboxylic acids is 4. The molecule has 0 fully saturated rings. The third kappa shape index (κ3) is 11.8. The number of fused-ring (bicyclic) bond motifs is 4. The molecular formula is C51H52N12O4S4. The first kappa shape index (κ1) is 55.9. The summed E-state index contributed by atoms with van der Waals surface area (Å²) in [7, 11) is 3.11. The van der Waals surface area contributed by atoms with Gasteiger partial charge in [-0.25, -0.2) is 19.9 Å². The van der Waals surface area contributed by atoms with Gasteiger partial charge in [-0.1, -0.05) is 7.43 Å². The highest BCUT2D eigenvalue weighted by molar-refractivity contribution is 7.22. The van der Waals surface area contributed by atoms with Crippen LogP contribution >= 0.6 is 45.3 Å². The molecule has 8 heterocycles. The third-order valence-corrected chi connectivity index (χ3v) is 14.7. The van der Waals surface area contributed by atoms with Gasteiger partial charge in [0.15, 0.2) is 0 Å². The summed E-state index contributed by atoms with van der Waals surface area (Å²) in [6.45, 7) is 20.1. The van der Waals surface area contributed by atoms with Gasteiger partial charge >= 0.3 is 0 Å². The lowest BCUT2D eigenvalue weighted by molar-refractivity contribution is 0.0951. The van der Waals surface area contributed by atoms with Crippen molar-refractivity contribution >= 4 is 110 Å². The molecule has 0 aliphatic rings. The van der Waals surface area contributed by atoms with Gasteiger partial charge in [-0.05, 0) is 116 Å². The van der Waals surface area contributed by atoms with Crippen molar-refractivity contribution in [2.75, 3.05) is 27.2 Å². The number of aryl methyl sites for hydroxylation is 8. The van der Waals surface area contributed by atoms with Crippen LogP contribution in [0.3, 0.4) is 0 Å². The first-order valence-corrected chi connectivity index (χ1v) is 24.8. The number of aromatic nitrogens is 4. The molecule has 0 aliphatic carbocycles. The Labute approximate surface area is 428 Å². The maximum absolute atomic E-state index is 11.9. The topological polar surface area (TPSA) is 263 Å². The van der Waals surface area contributed by atoms with E-state index in [9.17, 15) is 40.2 Å². The standard InChI is InChI=1S/2C13H13N3OS.2C12H11N3OS.CH4/c2*1-4-15-12(17)11-9(6-14)10-7(2)5-8(3)16-13(10)18-11;2*1-6-4-7(2)15-12-9(6)8(5-13)10(17-12)11(16)14-3;/h2*5H,4H2,1-3H3,(H,15,17);2*4H,1-3H3,(H,14,16);1H4. The highest BCUT2D eigenvalue weighted by Gasteiger charge is 2.23. The second-order valence-electron chi connectivity index (χ2n) is 15.6. The van der Waals surface area contributed by atoms with E-state index in [1.54, 1.807) is 14.1 Å². The molecule has 4 amide bonds. The van der Waals surface area contributed by atoms with Gasteiger partial charge in [-0.2, -0.15) is 21.0 Å². The van der Waals surface area contributed by atoms with Gasteiger partial charge in [0.2, 0.25) is 0 Å². The molecule has 0 bridgehead atoms. The Balaban J connectivity index is 0.000000205. The van der Waals surface area contributed by atoms with Crippen molar-refractivity contribution in [3.8, 4) is 24.3 Å². The third-order valence-electron chi connectivity index (χ3n) is 10.4. The lowest BCUT2D eigenvalue weighted by Crippen LogP contribution is -2.22. The zero-order valence-corrected chi connectivity index (χ0v) is 43.8. The number of amides is 4. The van der Waals surface area contributed by atoms with E-state index in [-0.39, 0.29) is 31.1 Å². The monoisotopic (exact) mass is 1020 g/mol. The first-order chi connectivity index (χ1) is 33.3. The summed E-state index contributed by atoms with van der Waals surface area (Å²) < 4.78 is 0. The number of nitrogens with one attached hydrogen (secondary N) is 4. The highest BCUT2D eigenvalue weighted by Crippen LogP contribution is 2.35. The molecule has 20 heteroatoms. The van der Waals surface area contributed by atoms with E-state index in [4.69, 9.17) is 0 Å². The fourth-order valence-electron chi connectivity index (χ4n) is 7.54. The lowest BCUT2D eigenvalue weighted by atomic mass is 10.1. The normalized spacial score (nSPS) is 10.1. The molecule has 0 unspecified atom stereocenters. The van der Waals surface area contributed by atoms with Crippen LogP contribution in [0.2, 0.25) is 0 Å². The van der Waals surface area contributed by atoms with Crippen molar-refractivity contribution < 1.29 is 19.2 Å². The predicted octanol–water partition coefficient (Wildman–Crippen LogP) is 9.99. The fourth-order valence-corrected chi connectivity index (χ4v) is 12.3. The van der Waals surface area contributed by atoms with Crippen molar-refractivity contribution in [1.82, 2.24) is 41.2 Å². The van der Waals surface area contributed by atoms with Crippen LogP contribution < -0.4 is 21.3 Å². The Kier molecular flexibility index (Phi) is 19.1. The molecule has 8 aromatic rings. The maximum atomic E-state index is 11.9. The molecule has 0 saturated carbocycles. The molecular weight excluding hydrogens is 973 g/mol. The molecule has 8 aromatic heterocycles. The summed E-state index contributed by atoms with van der Waals surface area (Å²) in [6, 6.07) is 16.2. The summed E-state index contributed by atoms with van der Waals surface area (Å²) in [5.74, 6) is -0.869. The Morgan fingerprint density at radius 1 is 0.437 bits per heavy atom. The van der Waals surface area contributed by atoms with Gasteiger partial charge < -0.3 is 21.3 Å². The summed E-state index contributed by atoms with van der Waals surface area (Å²) in [5.41, 5.74) is 9.24. The molecule has 0 aliphatic heterocycles. The number of hydrogen-bond donors (Lipinski definition) is 4. The molecule has 8 rings (SSSR count). The number of rotatable bonds is 6. The van der Waals surface area contributed by atoms with Crippen molar-refractivity contribution in [2.24, 2.45) is 0 Å². The summed E-state index contributed by atoms with van der Waals surface area (Å²) >= 11 is 5.09. The molecule has 71 heavy (non-hydrogen) atoms. The van der Waals surface area contributed by atoms with Crippen LogP contribution in [-0.4, -0.2) is 70.7 Å². The molecule has 0 saturated heterocycles. The van der Waals surface area contributed by atoms with Gasteiger partial charge in [0.05, 0.1) is 22.3 Å². The van der Waals surface area contributed by atoms with E-state index in [1.807, 2.05) is 93.5 Å². The summed E-state index contributed by atoms with van der Waals surface area (Å²) in [5, 5.41) is 50.6. The van der Waals surface area contributed by atoms with Gasteiger partial charge in [-0.3, -0.25) is 19.2 Å². The smallest absolute Gasteiger partial charge is 0.262 e. The van der Waals surface area contributed by atoms with E-state index in [0.29, 0.717) is 54.9 Å². The number of carbonyl (C=O) groups is 4. The lowest BCUT2D eigenvalue weighted by Gasteiger charge is -1.99. The minimum absolute atomic E-state index is 0. The largest absolute Gasteiger partial charge is 0.354 e. The quantitative estimate of drug-likeness (QED) is 0.121. The summed E-state index contributed by atoms with van der Waals surface area (Å²) in [4.78, 5) is 69.5. The van der Waals surface area contributed by atoms with Gasteiger partial charge in [0.25, 0.3) is 23.6 Å². The van der Waals surface area contributed by atoms with E-state index in [2.05, 4.69) is 65.5 Å². The van der Waals surface area contributed by atoms with E-state index in [1.165, 1.54) is 45.3 Å². The van der Waals surface area contributed by atoms with Crippen LogP contribution in [0.5, 0.6) is 0 Å². The Morgan fingerprint density at radius 2 is 0.648 bits per heavy atom. The van der Waals surface area contributed by atoms with Gasteiger partial charge in [-0.15, -0.1) is 45.3 Å². The minimum Gasteiger partial charge on any atom is -0.354 e. The zero-order chi connectivity index (χ0) is 51.7. The van der Waals surface area contributed by atoms with Crippen LogP contribution in [0.25, 0.3) is 40.9 Å². The molecule has 0 atom stereocenters. The predicted molar refractivity (Wildman–Crippen MR) is 285 cm³/mol. The average Bonchev–Trinajstić information content (AvgIpc) is 4.09. The van der Waals surface area contributed by atoms with E-state index in [0.717, 1.165) is 85.9 Å². The minimum atomic E-state index is -0.235. The second-order valence-corrected chi connectivity index (χ2v) is 19.6. The SMILES string of the molecule is C.CCNC(=O)c1sc2nc(C)cc(C)c2c1C#N.CCNC(=O)c1sc2nc(C)cc(C)c2c1C#N.CNC(=O)c1sc2nc(C)cc(C)c2c1C#N.CNC(=O)c1sc2nc(C)cc(C)c2c1C#N. The van der Waals surface area contributed by atoms with Crippen LogP contribution in [-0.2, 0) is 0 Å². The van der Waals surface area contributed by atoms with Crippen LogP contribution in [0.1, 0.15) is 127 Å². The number of nitrogens with zero attached hydrogens (tertiary/aromatic N) is 8. The van der Waals surface area contributed by atoms with Crippen LogP contribution in [0, 0.1) is 101 Å². The average molecular weight is 1030 g/mol. The van der Waals surface area contributed by atoms with E-state index >= 15 is 0 Å². The number of hydrogen-bond acceptors (Lipinski definition) is 16. The second kappa shape index (κ2) is 24.2. The van der Waals surface area contributed by atoms with Crippen LogP contribution in [0.15, 0.2) is 24.3 Å². The fraction of sp³-hybridized carbons (Fsp3) is 0.294. The summed E-state index contributed by atoms with van der Waals surface area (Å²) in [6.07, 6.45) is 0. The Bertz CT molecular complexity index is 3340. The molecule has 0 aromatic carbocycles. The number of thiophene rings is 4. The van der Waals surface area contributed by atoms with Crippen molar-refractivity contribution in [2.45, 2.75) is 76.7 Å². The zero-order valence-electron chi connectivity index (χ0n) is 40.6. The molecule has 4 N–H and O–H groups in total. The van der Waals surface area contributed by atoms with Crippen molar-refractivity contribution in [3.63, 3.8) is 0 Å². The molecule has 0 spiro atoms. The Morgan fingerprint density at radius 3 is 0.831 bits per heavy atom. The number of nitriles is 4. The van der Waals surface area contributed by atoms with Crippen molar-refractivity contribution in [1.29, 1.82) is 21.0 Å². The molecule has 364 valence electrons. The maximum Gasteiger partial charge on any atom is 0.262 e. The van der Waals surface area contributed by atoms with Gasteiger partial charge in [0.1, 0.15) is 63.1 Å². The van der Waals surface area contributed by atoms with Gasteiger partial charge in [0, 0.05) is 71.5 Å². The van der Waals surface area contributed by atoms with Crippen molar-refractivity contribution in [3.05, 3.63) is 111 Å². The first-order valence-electron chi connectivity index (χ1n) is 21.6. The molecule has 16 nitrogen and oxygen atoms in total. The highest BCUT2D eigenvalue weighted by atomic mass is 32.1. The number of pyridine rings is 4.